The molecule has 0 radical (unpaired) electrons. The summed E-state index contributed by atoms with van der Waals surface area (Å²) in [7, 11) is 0. The summed E-state index contributed by atoms with van der Waals surface area (Å²) >= 11 is 0. The van der Waals surface area contributed by atoms with Gasteiger partial charge in [0.2, 0.25) is 0 Å². The van der Waals surface area contributed by atoms with Gasteiger partial charge in [0, 0.05) is 18.2 Å². The molecule has 0 saturated heterocycles. The molecule has 1 fully saturated rings. The van der Waals surface area contributed by atoms with Crippen LogP contribution in [0.4, 0.5) is 11.6 Å². The van der Waals surface area contributed by atoms with Crippen molar-refractivity contribution in [2.75, 3.05) is 17.2 Å². The van der Waals surface area contributed by atoms with Gasteiger partial charge in [0.15, 0.2) is 0 Å². The van der Waals surface area contributed by atoms with E-state index >= 15 is 0 Å². The first-order chi connectivity index (χ1) is 9.85. The SMILES string of the molecule is CCCNc1ncnc(NC2CCCCCC2)c1CC. The van der Waals surface area contributed by atoms with Crippen LogP contribution in [0.15, 0.2) is 6.33 Å². The van der Waals surface area contributed by atoms with E-state index in [9.17, 15) is 0 Å². The van der Waals surface area contributed by atoms with E-state index in [0.717, 1.165) is 31.0 Å². The quantitative estimate of drug-likeness (QED) is 0.771. The average Bonchev–Trinajstić information content (AvgIpc) is 2.74. The Hall–Kier alpha value is -1.32. The Kier molecular flexibility index (Phi) is 6.09. The number of hydrogen-bond donors (Lipinski definition) is 2. The molecular formula is C16H28N4. The molecule has 0 atom stereocenters. The van der Waals surface area contributed by atoms with Crippen LogP contribution in [0.3, 0.4) is 0 Å². The van der Waals surface area contributed by atoms with Crippen molar-refractivity contribution in [2.24, 2.45) is 0 Å². The third kappa shape index (κ3) is 4.09. The Balaban J connectivity index is 2.09. The Morgan fingerprint density at radius 1 is 1.05 bits per heavy atom. The van der Waals surface area contributed by atoms with E-state index in [1.54, 1.807) is 6.33 Å². The first kappa shape index (κ1) is 15.1. The van der Waals surface area contributed by atoms with Crippen molar-refractivity contribution in [2.45, 2.75) is 71.3 Å². The van der Waals surface area contributed by atoms with Crippen LogP contribution in [-0.2, 0) is 6.42 Å². The van der Waals surface area contributed by atoms with Gasteiger partial charge in [0.1, 0.15) is 18.0 Å². The minimum absolute atomic E-state index is 0.580. The largest absolute Gasteiger partial charge is 0.370 e. The summed E-state index contributed by atoms with van der Waals surface area (Å²) in [4.78, 5) is 8.88. The van der Waals surface area contributed by atoms with Crippen molar-refractivity contribution >= 4 is 11.6 Å². The molecular weight excluding hydrogens is 248 g/mol. The standard InChI is InChI=1S/C16H28N4/c1-3-11-17-15-14(4-2)16(19-12-18-15)20-13-9-7-5-6-8-10-13/h12-13H,3-11H2,1-2H3,(H2,17,18,19,20). The number of hydrogen-bond acceptors (Lipinski definition) is 4. The van der Waals surface area contributed by atoms with E-state index in [0.29, 0.717) is 6.04 Å². The van der Waals surface area contributed by atoms with Gasteiger partial charge >= 0.3 is 0 Å². The van der Waals surface area contributed by atoms with Crippen LogP contribution in [0.1, 0.15) is 64.4 Å². The topological polar surface area (TPSA) is 49.8 Å². The van der Waals surface area contributed by atoms with Gasteiger partial charge in [-0.05, 0) is 25.7 Å². The fraction of sp³-hybridized carbons (Fsp3) is 0.750. The highest BCUT2D eigenvalue weighted by atomic mass is 15.1. The van der Waals surface area contributed by atoms with Gasteiger partial charge in [0.25, 0.3) is 0 Å². The minimum atomic E-state index is 0.580. The lowest BCUT2D eigenvalue weighted by Crippen LogP contribution is -2.21. The molecule has 0 aromatic carbocycles. The van der Waals surface area contributed by atoms with Gasteiger partial charge in [-0.3, -0.25) is 0 Å². The number of anilines is 2. The van der Waals surface area contributed by atoms with Crippen molar-refractivity contribution in [1.82, 2.24) is 9.97 Å². The number of rotatable bonds is 6. The van der Waals surface area contributed by atoms with Crippen LogP contribution in [0.25, 0.3) is 0 Å². The molecule has 1 saturated carbocycles. The molecule has 4 nitrogen and oxygen atoms in total. The lowest BCUT2D eigenvalue weighted by atomic mass is 10.1. The third-order valence-corrected chi connectivity index (χ3v) is 4.04. The molecule has 2 N–H and O–H groups in total. The predicted octanol–water partition coefficient (Wildman–Crippen LogP) is 4.00. The summed E-state index contributed by atoms with van der Waals surface area (Å²) in [6.45, 7) is 5.31. The highest BCUT2D eigenvalue weighted by Crippen LogP contribution is 2.25. The van der Waals surface area contributed by atoms with Gasteiger partial charge in [-0.15, -0.1) is 0 Å². The molecule has 0 bridgehead atoms. The Labute approximate surface area is 122 Å². The maximum atomic E-state index is 4.48. The highest BCUT2D eigenvalue weighted by molar-refractivity contribution is 5.57. The van der Waals surface area contributed by atoms with Crippen LogP contribution in [0.5, 0.6) is 0 Å². The van der Waals surface area contributed by atoms with E-state index in [2.05, 4.69) is 34.4 Å². The average molecular weight is 276 g/mol. The van der Waals surface area contributed by atoms with Crippen LogP contribution in [0.2, 0.25) is 0 Å². The van der Waals surface area contributed by atoms with Crippen molar-refractivity contribution < 1.29 is 0 Å². The highest BCUT2D eigenvalue weighted by Gasteiger charge is 2.16. The molecule has 112 valence electrons. The molecule has 1 aromatic heterocycles. The van der Waals surface area contributed by atoms with Crippen LogP contribution < -0.4 is 10.6 Å². The molecule has 0 aliphatic heterocycles. The van der Waals surface area contributed by atoms with Crippen LogP contribution >= 0.6 is 0 Å². The van der Waals surface area contributed by atoms with Crippen LogP contribution in [-0.4, -0.2) is 22.6 Å². The van der Waals surface area contributed by atoms with E-state index < -0.39 is 0 Å². The van der Waals surface area contributed by atoms with E-state index in [1.165, 1.54) is 44.1 Å². The fourth-order valence-electron chi connectivity index (χ4n) is 2.88. The summed E-state index contributed by atoms with van der Waals surface area (Å²) in [5, 5.41) is 7.08. The van der Waals surface area contributed by atoms with Crippen molar-refractivity contribution in [3.63, 3.8) is 0 Å². The van der Waals surface area contributed by atoms with E-state index in [1.807, 2.05) is 0 Å². The maximum absolute atomic E-state index is 4.48. The zero-order valence-electron chi connectivity index (χ0n) is 12.9. The summed E-state index contributed by atoms with van der Waals surface area (Å²) in [6.07, 6.45) is 11.7. The second-order valence-corrected chi connectivity index (χ2v) is 5.66. The summed E-state index contributed by atoms with van der Waals surface area (Å²) in [6, 6.07) is 0.580. The second-order valence-electron chi connectivity index (χ2n) is 5.66. The molecule has 0 spiro atoms. The van der Waals surface area contributed by atoms with Gasteiger partial charge in [-0.1, -0.05) is 39.5 Å². The number of nitrogens with one attached hydrogen (secondary N) is 2. The van der Waals surface area contributed by atoms with Crippen molar-refractivity contribution in [3.05, 3.63) is 11.9 Å². The van der Waals surface area contributed by atoms with Gasteiger partial charge in [0.05, 0.1) is 0 Å². The first-order valence-electron chi connectivity index (χ1n) is 8.19. The summed E-state index contributed by atoms with van der Waals surface area (Å²) < 4.78 is 0. The van der Waals surface area contributed by atoms with E-state index in [4.69, 9.17) is 0 Å². The van der Waals surface area contributed by atoms with Gasteiger partial charge in [-0.2, -0.15) is 0 Å². The Morgan fingerprint density at radius 2 is 1.75 bits per heavy atom. The van der Waals surface area contributed by atoms with E-state index in [-0.39, 0.29) is 0 Å². The predicted molar refractivity (Wildman–Crippen MR) is 85.3 cm³/mol. The zero-order chi connectivity index (χ0) is 14.2. The minimum Gasteiger partial charge on any atom is -0.370 e. The fourth-order valence-corrected chi connectivity index (χ4v) is 2.88. The molecule has 1 heterocycles. The molecule has 0 unspecified atom stereocenters. The molecule has 0 amide bonds. The lowest BCUT2D eigenvalue weighted by Gasteiger charge is -2.20. The first-order valence-corrected chi connectivity index (χ1v) is 8.19. The molecule has 1 aromatic rings. The van der Waals surface area contributed by atoms with Crippen molar-refractivity contribution in [3.8, 4) is 0 Å². The maximum Gasteiger partial charge on any atom is 0.134 e. The summed E-state index contributed by atoms with van der Waals surface area (Å²) in [5.41, 5.74) is 1.23. The Bertz CT molecular complexity index is 397. The summed E-state index contributed by atoms with van der Waals surface area (Å²) in [5.74, 6) is 2.04. The molecule has 1 aliphatic carbocycles. The van der Waals surface area contributed by atoms with Crippen LogP contribution in [0, 0.1) is 0 Å². The second kappa shape index (κ2) is 8.08. The van der Waals surface area contributed by atoms with Gasteiger partial charge in [-0.25, -0.2) is 9.97 Å². The number of aromatic nitrogens is 2. The molecule has 2 rings (SSSR count). The Morgan fingerprint density at radius 3 is 2.40 bits per heavy atom. The molecule has 20 heavy (non-hydrogen) atoms. The van der Waals surface area contributed by atoms with Gasteiger partial charge < -0.3 is 10.6 Å². The third-order valence-electron chi connectivity index (χ3n) is 4.04. The number of nitrogens with zero attached hydrogens (tertiary/aromatic N) is 2. The zero-order valence-corrected chi connectivity index (χ0v) is 12.9. The smallest absolute Gasteiger partial charge is 0.134 e. The lowest BCUT2D eigenvalue weighted by molar-refractivity contribution is 0.616. The molecule has 4 heteroatoms. The monoisotopic (exact) mass is 276 g/mol. The van der Waals surface area contributed by atoms with Crippen molar-refractivity contribution in [1.29, 1.82) is 0 Å². The normalized spacial score (nSPS) is 16.7. The molecule has 1 aliphatic rings.